The molecule has 0 aliphatic heterocycles. The van der Waals surface area contributed by atoms with Crippen LogP contribution in [0.2, 0.25) is 0 Å². The molecule has 2 aromatic carbocycles. The number of aryl methyl sites for hydroxylation is 2. The molecule has 4 nitrogen and oxygen atoms in total. The van der Waals surface area contributed by atoms with Gasteiger partial charge in [0.1, 0.15) is 11.3 Å². The normalized spacial score (nSPS) is 12.8. The molecule has 0 aliphatic carbocycles. The molecule has 30 heavy (non-hydrogen) atoms. The van der Waals surface area contributed by atoms with Crippen LogP contribution in [0.3, 0.4) is 0 Å². The lowest BCUT2D eigenvalue weighted by Crippen LogP contribution is -2.08. The average Bonchev–Trinajstić information content (AvgIpc) is 3.19. The fraction of sp³-hybridized carbons (Fsp3) is 0.231. The molecule has 0 spiro atoms. The summed E-state index contributed by atoms with van der Waals surface area (Å²) in [5.74, 6) is 0. The Morgan fingerprint density at radius 2 is 1.70 bits per heavy atom. The molecule has 1 unspecified atom stereocenters. The number of aliphatic hydroxyl groups excluding tert-OH is 1. The standard InChI is InChI=1S/C26H25N3O/c1-4-19(30)13-18-12-16(2)25-22(14-18)20-9-5-6-10-21(20)26-28-24(15-29(25)26)23-11-7-8-17(3)27-23/h5-12,14-15,19,30H,4,13H2,1-3H3. The third-order valence-electron chi connectivity index (χ3n) is 5.86. The number of hydrogen-bond acceptors (Lipinski definition) is 3. The molecule has 5 aromatic rings. The number of aromatic nitrogens is 3. The molecular weight excluding hydrogens is 370 g/mol. The van der Waals surface area contributed by atoms with Crippen molar-refractivity contribution in [1.29, 1.82) is 0 Å². The summed E-state index contributed by atoms with van der Waals surface area (Å²) < 4.78 is 2.20. The molecule has 1 N–H and O–H groups in total. The predicted octanol–water partition coefficient (Wildman–Crippen LogP) is 5.63. The molecule has 0 amide bonds. The van der Waals surface area contributed by atoms with Crippen molar-refractivity contribution in [3.8, 4) is 11.4 Å². The minimum atomic E-state index is -0.316. The first kappa shape index (κ1) is 18.8. The van der Waals surface area contributed by atoms with Crippen LogP contribution in [0.4, 0.5) is 0 Å². The van der Waals surface area contributed by atoms with Crippen LogP contribution in [0.15, 0.2) is 60.8 Å². The second-order valence-electron chi connectivity index (χ2n) is 8.10. The van der Waals surface area contributed by atoms with E-state index in [1.807, 2.05) is 32.0 Å². The van der Waals surface area contributed by atoms with Gasteiger partial charge in [-0.3, -0.25) is 9.38 Å². The van der Waals surface area contributed by atoms with E-state index < -0.39 is 0 Å². The zero-order valence-electron chi connectivity index (χ0n) is 17.6. The summed E-state index contributed by atoms with van der Waals surface area (Å²) in [6.45, 7) is 6.16. The first-order valence-electron chi connectivity index (χ1n) is 10.5. The number of imidazole rings is 1. The van der Waals surface area contributed by atoms with Crippen molar-refractivity contribution < 1.29 is 5.11 Å². The number of rotatable bonds is 4. The van der Waals surface area contributed by atoms with E-state index in [0.717, 1.165) is 40.1 Å². The van der Waals surface area contributed by atoms with Crippen molar-refractivity contribution in [3.05, 3.63) is 77.6 Å². The van der Waals surface area contributed by atoms with Crippen molar-refractivity contribution in [3.63, 3.8) is 0 Å². The highest BCUT2D eigenvalue weighted by molar-refractivity contribution is 6.12. The molecule has 0 fully saturated rings. The van der Waals surface area contributed by atoms with Crippen molar-refractivity contribution in [2.75, 3.05) is 0 Å². The van der Waals surface area contributed by atoms with Gasteiger partial charge in [0.2, 0.25) is 0 Å². The van der Waals surface area contributed by atoms with Crippen molar-refractivity contribution >= 4 is 27.3 Å². The summed E-state index contributed by atoms with van der Waals surface area (Å²) >= 11 is 0. The summed E-state index contributed by atoms with van der Waals surface area (Å²) in [6.07, 6.45) is 3.20. The second kappa shape index (κ2) is 7.22. The quantitative estimate of drug-likeness (QED) is 0.401. The molecule has 150 valence electrons. The van der Waals surface area contributed by atoms with Crippen LogP contribution < -0.4 is 0 Å². The lowest BCUT2D eigenvalue weighted by atomic mass is 9.97. The Kier molecular flexibility index (Phi) is 4.52. The summed E-state index contributed by atoms with van der Waals surface area (Å²) in [5, 5.41) is 13.7. The minimum absolute atomic E-state index is 0.316. The van der Waals surface area contributed by atoms with Crippen molar-refractivity contribution in [2.45, 2.75) is 39.7 Å². The second-order valence-corrected chi connectivity index (χ2v) is 8.10. The molecule has 0 aliphatic rings. The van der Waals surface area contributed by atoms with E-state index in [1.54, 1.807) is 0 Å². The highest BCUT2D eigenvalue weighted by Gasteiger charge is 2.16. The number of pyridine rings is 2. The highest BCUT2D eigenvalue weighted by atomic mass is 16.3. The van der Waals surface area contributed by atoms with Crippen molar-refractivity contribution in [2.24, 2.45) is 0 Å². The smallest absolute Gasteiger partial charge is 0.145 e. The van der Waals surface area contributed by atoms with Crippen LogP contribution in [-0.4, -0.2) is 25.6 Å². The van der Waals surface area contributed by atoms with Gasteiger partial charge < -0.3 is 5.11 Å². The molecule has 0 bridgehead atoms. The van der Waals surface area contributed by atoms with E-state index in [0.29, 0.717) is 6.42 Å². The van der Waals surface area contributed by atoms with E-state index in [4.69, 9.17) is 4.98 Å². The van der Waals surface area contributed by atoms with Gasteiger partial charge in [0.05, 0.1) is 17.3 Å². The lowest BCUT2D eigenvalue weighted by Gasteiger charge is -2.14. The van der Waals surface area contributed by atoms with Gasteiger partial charge in [-0.25, -0.2) is 4.98 Å². The molecule has 1 atom stereocenters. The molecule has 3 heterocycles. The Bertz CT molecular complexity index is 1400. The van der Waals surface area contributed by atoms with Crippen LogP contribution in [0.1, 0.15) is 30.2 Å². The molecular formula is C26H25N3O. The van der Waals surface area contributed by atoms with Gasteiger partial charge in [0.25, 0.3) is 0 Å². The maximum absolute atomic E-state index is 10.2. The molecule has 3 aromatic heterocycles. The largest absolute Gasteiger partial charge is 0.393 e. The number of nitrogens with zero attached hydrogens (tertiary/aromatic N) is 3. The Balaban J connectivity index is 1.85. The van der Waals surface area contributed by atoms with Crippen LogP contribution >= 0.6 is 0 Å². The van der Waals surface area contributed by atoms with Crippen LogP contribution in [0.5, 0.6) is 0 Å². The first-order chi connectivity index (χ1) is 14.5. The van der Waals surface area contributed by atoms with E-state index in [-0.39, 0.29) is 6.10 Å². The average molecular weight is 396 g/mol. The predicted molar refractivity (Wildman–Crippen MR) is 123 cm³/mol. The summed E-state index contributed by atoms with van der Waals surface area (Å²) in [5.41, 5.74) is 7.19. The van der Waals surface area contributed by atoms with E-state index in [9.17, 15) is 5.11 Å². The number of fused-ring (bicyclic) bond motifs is 6. The van der Waals surface area contributed by atoms with Gasteiger partial charge in [-0.2, -0.15) is 0 Å². The molecule has 0 saturated heterocycles. The minimum Gasteiger partial charge on any atom is -0.393 e. The zero-order chi connectivity index (χ0) is 20.8. The first-order valence-corrected chi connectivity index (χ1v) is 10.5. The maximum Gasteiger partial charge on any atom is 0.145 e. The molecule has 5 rings (SSSR count). The van der Waals surface area contributed by atoms with E-state index in [1.165, 1.54) is 21.9 Å². The van der Waals surface area contributed by atoms with Gasteiger partial charge in [0, 0.05) is 22.7 Å². The summed E-state index contributed by atoms with van der Waals surface area (Å²) in [4.78, 5) is 9.66. The van der Waals surface area contributed by atoms with Crippen molar-refractivity contribution in [1.82, 2.24) is 14.4 Å². The number of benzene rings is 2. The van der Waals surface area contributed by atoms with Crippen LogP contribution in [-0.2, 0) is 6.42 Å². The van der Waals surface area contributed by atoms with Gasteiger partial charge in [0.15, 0.2) is 0 Å². The fourth-order valence-corrected chi connectivity index (χ4v) is 4.38. The highest BCUT2D eigenvalue weighted by Crippen LogP contribution is 2.33. The van der Waals surface area contributed by atoms with E-state index >= 15 is 0 Å². The Morgan fingerprint density at radius 1 is 0.900 bits per heavy atom. The van der Waals surface area contributed by atoms with Crippen LogP contribution in [0.25, 0.3) is 38.7 Å². The summed E-state index contributed by atoms with van der Waals surface area (Å²) in [7, 11) is 0. The van der Waals surface area contributed by atoms with Gasteiger partial charge >= 0.3 is 0 Å². The third kappa shape index (κ3) is 3.04. The Labute approximate surface area is 175 Å². The molecule has 0 saturated carbocycles. The Hall–Kier alpha value is -3.24. The SMILES string of the molecule is CCC(O)Cc1cc(C)c2c(c1)c1ccccc1c1nc(-c3cccc(C)n3)cn12. The zero-order valence-corrected chi connectivity index (χ0v) is 17.6. The van der Waals surface area contributed by atoms with E-state index in [2.05, 4.69) is 58.9 Å². The third-order valence-corrected chi connectivity index (χ3v) is 5.86. The van der Waals surface area contributed by atoms with Gasteiger partial charge in [-0.05, 0) is 61.4 Å². The summed E-state index contributed by atoms with van der Waals surface area (Å²) in [6, 6.07) is 18.9. The van der Waals surface area contributed by atoms with Crippen LogP contribution in [0, 0.1) is 13.8 Å². The van der Waals surface area contributed by atoms with Gasteiger partial charge in [-0.15, -0.1) is 0 Å². The monoisotopic (exact) mass is 395 g/mol. The maximum atomic E-state index is 10.2. The lowest BCUT2D eigenvalue weighted by molar-refractivity contribution is 0.171. The molecule has 4 heteroatoms. The topological polar surface area (TPSA) is 50.4 Å². The molecule has 0 radical (unpaired) electrons. The number of aliphatic hydroxyl groups is 1. The Morgan fingerprint density at radius 3 is 2.47 bits per heavy atom. The fourth-order valence-electron chi connectivity index (χ4n) is 4.38. The van der Waals surface area contributed by atoms with Gasteiger partial charge in [-0.1, -0.05) is 43.3 Å². The number of hydrogen-bond donors (Lipinski definition) is 1.